The highest BCUT2D eigenvalue weighted by Crippen LogP contribution is 2.15. The van der Waals surface area contributed by atoms with Crippen molar-refractivity contribution in [2.75, 3.05) is 19.6 Å². The summed E-state index contributed by atoms with van der Waals surface area (Å²) < 4.78 is 18.6. The van der Waals surface area contributed by atoms with Crippen LogP contribution in [0.3, 0.4) is 0 Å². The van der Waals surface area contributed by atoms with E-state index in [4.69, 9.17) is 4.74 Å². The van der Waals surface area contributed by atoms with E-state index in [0.717, 1.165) is 13.1 Å². The average molecular weight is 303 g/mol. The normalized spacial score (nSPS) is 19.9. The quantitative estimate of drug-likeness (QED) is 0.926. The fourth-order valence-electron chi connectivity index (χ4n) is 2.20. The first-order valence-electron chi connectivity index (χ1n) is 6.51. The van der Waals surface area contributed by atoms with E-state index >= 15 is 0 Å². The van der Waals surface area contributed by atoms with Gasteiger partial charge in [0.2, 0.25) is 0 Å². The Hall–Kier alpha value is -1.33. The van der Waals surface area contributed by atoms with Gasteiger partial charge in [-0.2, -0.15) is 0 Å². The van der Waals surface area contributed by atoms with Gasteiger partial charge >= 0.3 is 0 Å². The van der Waals surface area contributed by atoms with Crippen LogP contribution >= 0.6 is 12.4 Å². The number of hydrogen-bond donors (Lipinski definition) is 1. The lowest BCUT2D eigenvalue weighted by Gasteiger charge is -2.35. The first-order valence-corrected chi connectivity index (χ1v) is 6.51. The topological polar surface area (TPSA) is 41.6 Å². The monoisotopic (exact) mass is 302 g/mol. The second-order valence-corrected chi connectivity index (χ2v) is 4.80. The summed E-state index contributed by atoms with van der Waals surface area (Å²) in [4.78, 5) is 14.1. The largest absolute Gasteiger partial charge is 0.481 e. The van der Waals surface area contributed by atoms with Crippen molar-refractivity contribution in [3.05, 3.63) is 30.1 Å². The van der Waals surface area contributed by atoms with Crippen LogP contribution in [-0.2, 0) is 4.79 Å². The van der Waals surface area contributed by atoms with Crippen LogP contribution in [0.4, 0.5) is 4.39 Å². The Balaban J connectivity index is 0.00000200. The van der Waals surface area contributed by atoms with Crippen molar-refractivity contribution in [3.8, 4) is 5.75 Å². The molecule has 1 heterocycles. The molecule has 2 atom stereocenters. The second kappa shape index (κ2) is 7.45. The highest BCUT2D eigenvalue weighted by molar-refractivity contribution is 5.85. The van der Waals surface area contributed by atoms with E-state index in [-0.39, 0.29) is 30.2 Å². The molecule has 1 aromatic carbocycles. The standard InChI is InChI=1S/C14H19FN2O2.ClH/c1-10-9-16-6-7-17(10)14(18)11(2)19-13-5-3-4-12(15)8-13;/h3-5,8,10-11,16H,6-7,9H2,1-2H3;1H/t10-,11?;/m1./s1. The van der Waals surface area contributed by atoms with E-state index in [1.807, 2.05) is 6.92 Å². The Morgan fingerprint density at radius 3 is 2.95 bits per heavy atom. The number of piperazine rings is 1. The van der Waals surface area contributed by atoms with Crippen LogP contribution in [0.5, 0.6) is 5.75 Å². The maximum absolute atomic E-state index is 13.1. The van der Waals surface area contributed by atoms with E-state index in [2.05, 4.69) is 5.32 Å². The molecule has 1 N–H and O–H groups in total. The summed E-state index contributed by atoms with van der Waals surface area (Å²) in [6.45, 7) is 5.96. The van der Waals surface area contributed by atoms with Gasteiger partial charge in [-0.05, 0) is 26.0 Å². The highest BCUT2D eigenvalue weighted by atomic mass is 35.5. The van der Waals surface area contributed by atoms with Crippen molar-refractivity contribution in [1.29, 1.82) is 0 Å². The molecule has 0 saturated carbocycles. The summed E-state index contributed by atoms with van der Waals surface area (Å²) in [5, 5.41) is 3.23. The van der Waals surface area contributed by atoms with Crippen LogP contribution in [0.2, 0.25) is 0 Å². The third kappa shape index (κ3) is 4.08. The Kier molecular flexibility index (Phi) is 6.23. The maximum atomic E-state index is 13.1. The summed E-state index contributed by atoms with van der Waals surface area (Å²) in [7, 11) is 0. The first kappa shape index (κ1) is 16.7. The molecule has 0 spiro atoms. The second-order valence-electron chi connectivity index (χ2n) is 4.80. The fourth-order valence-corrected chi connectivity index (χ4v) is 2.20. The van der Waals surface area contributed by atoms with Crippen LogP contribution in [0.1, 0.15) is 13.8 Å². The lowest BCUT2D eigenvalue weighted by atomic mass is 10.2. The van der Waals surface area contributed by atoms with E-state index in [9.17, 15) is 9.18 Å². The molecular formula is C14H20ClFN2O2. The lowest BCUT2D eigenvalue weighted by Crippen LogP contribution is -2.55. The number of rotatable bonds is 3. The average Bonchev–Trinajstić information content (AvgIpc) is 2.38. The number of amides is 1. The zero-order valence-electron chi connectivity index (χ0n) is 11.6. The molecule has 4 nitrogen and oxygen atoms in total. The van der Waals surface area contributed by atoms with Crippen LogP contribution in [0.25, 0.3) is 0 Å². The molecule has 0 aromatic heterocycles. The van der Waals surface area contributed by atoms with Gasteiger partial charge in [0.25, 0.3) is 5.91 Å². The SMILES string of the molecule is CC(Oc1cccc(F)c1)C(=O)N1CCNC[C@H]1C.Cl. The number of carbonyl (C=O) groups is 1. The predicted octanol–water partition coefficient (Wildman–Crippen LogP) is 1.84. The van der Waals surface area contributed by atoms with Crippen molar-refractivity contribution in [3.63, 3.8) is 0 Å². The van der Waals surface area contributed by atoms with Gasteiger partial charge in [-0.3, -0.25) is 4.79 Å². The molecule has 0 aliphatic carbocycles. The minimum atomic E-state index is -0.609. The number of nitrogens with zero attached hydrogens (tertiary/aromatic N) is 1. The molecule has 6 heteroatoms. The third-order valence-electron chi connectivity index (χ3n) is 3.24. The van der Waals surface area contributed by atoms with E-state index < -0.39 is 6.10 Å². The third-order valence-corrected chi connectivity index (χ3v) is 3.24. The molecule has 1 aliphatic heterocycles. The van der Waals surface area contributed by atoms with E-state index in [0.29, 0.717) is 12.3 Å². The summed E-state index contributed by atoms with van der Waals surface area (Å²) in [5.74, 6) is -0.0467. The van der Waals surface area contributed by atoms with Crippen LogP contribution in [0.15, 0.2) is 24.3 Å². The van der Waals surface area contributed by atoms with E-state index in [1.165, 1.54) is 12.1 Å². The zero-order chi connectivity index (χ0) is 13.8. The van der Waals surface area contributed by atoms with Gasteiger partial charge in [0.05, 0.1) is 0 Å². The van der Waals surface area contributed by atoms with Crippen LogP contribution < -0.4 is 10.1 Å². The lowest BCUT2D eigenvalue weighted by molar-refractivity contribution is -0.140. The Morgan fingerprint density at radius 2 is 2.30 bits per heavy atom. The molecule has 20 heavy (non-hydrogen) atoms. The Morgan fingerprint density at radius 1 is 1.55 bits per heavy atom. The molecule has 1 unspecified atom stereocenters. The number of ether oxygens (including phenoxy) is 1. The van der Waals surface area contributed by atoms with Crippen LogP contribution in [0, 0.1) is 5.82 Å². The molecular weight excluding hydrogens is 283 g/mol. The predicted molar refractivity (Wildman–Crippen MR) is 77.8 cm³/mol. The summed E-state index contributed by atoms with van der Waals surface area (Å²) in [6, 6.07) is 5.99. The van der Waals surface area contributed by atoms with Crippen molar-refractivity contribution < 1.29 is 13.9 Å². The number of hydrogen-bond acceptors (Lipinski definition) is 3. The molecule has 112 valence electrons. The molecule has 1 amide bonds. The van der Waals surface area contributed by atoms with Gasteiger partial charge in [0.1, 0.15) is 11.6 Å². The summed E-state index contributed by atoms with van der Waals surface area (Å²) in [6.07, 6.45) is -0.609. The molecule has 1 saturated heterocycles. The van der Waals surface area contributed by atoms with Crippen molar-refractivity contribution in [2.24, 2.45) is 0 Å². The maximum Gasteiger partial charge on any atom is 0.263 e. The zero-order valence-corrected chi connectivity index (χ0v) is 12.5. The Labute approximate surface area is 124 Å². The van der Waals surface area contributed by atoms with Gasteiger partial charge in [0, 0.05) is 31.7 Å². The van der Waals surface area contributed by atoms with Crippen LogP contribution in [-0.4, -0.2) is 42.6 Å². The van der Waals surface area contributed by atoms with Gasteiger partial charge in [-0.15, -0.1) is 12.4 Å². The molecule has 2 rings (SSSR count). The fraction of sp³-hybridized carbons (Fsp3) is 0.500. The number of halogens is 2. The minimum Gasteiger partial charge on any atom is -0.481 e. The van der Waals surface area contributed by atoms with Gasteiger partial charge < -0.3 is 15.0 Å². The van der Waals surface area contributed by atoms with Gasteiger partial charge in [-0.1, -0.05) is 6.07 Å². The van der Waals surface area contributed by atoms with Gasteiger partial charge in [-0.25, -0.2) is 4.39 Å². The number of nitrogens with one attached hydrogen (secondary N) is 1. The number of carbonyl (C=O) groups excluding carboxylic acids is 1. The molecule has 1 aromatic rings. The van der Waals surface area contributed by atoms with E-state index in [1.54, 1.807) is 24.0 Å². The minimum absolute atomic E-state index is 0. The first-order chi connectivity index (χ1) is 9.08. The summed E-state index contributed by atoms with van der Waals surface area (Å²) in [5.41, 5.74) is 0. The molecule has 0 radical (unpaired) electrons. The molecule has 0 bridgehead atoms. The molecule has 1 fully saturated rings. The van der Waals surface area contributed by atoms with Crippen molar-refractivity contribution in [1.82, 2.24) is 10.2 Å². The molecule has 1 aliphatic rings. The highest BCUT2D eigenvalue weighted by Gasteiger charge is 2.27. The smallest absolute Gasteiger partial charge is 0.263 e. The van der Waals surface area contributed by atoms with Crippen molar-refractivity contribution >= 4 is 18.3 Å². The Bertz CT molecular complexity index is 459. The van der Waals surface area contributed by atoms with Gasteiger partial charge in [0.15, 0.2) is 6.10 Å². The number of benzene rings is 1. The van der Waals surface area contributed by atoms with Crippen molar-refractivity contribution in [2.45, 2.75) is 26.0 Å². The summed E-state index contributed by atoms with van der Waals surface area (Å²) >= 11 is 0.